The minimum Gasteiger partial charge on any atom is -0.465 e. The van der Waals surface area contributed by atoms with Crippen LogP contribution >= 0.6 is 0 Å². The molecule has 80 heavy (non-hydrogen) atoms. The Kier molecular flexibility index (Phi) is 26.8. The summed E-state index contributed by atoms with van der Waals surface area (Å²) in [6.45, 7) is 7.33. The number of unbranched alkanes of at least 4 members (excludes halogenated alkanes) is 2. The van der Waals surface area contributed by atoms with E-state index in [0.29, 0.717) is 77.0 Å². The first-order chi connectivity index (χ1) is 38.6. The van der Waals surface area contributed by atoms with E-state index in [2.05, 4.69) is 13.2 Å². The Hall–Kier alpha value is -7.46. The smallest absolute Gasteiger partial charge is 0.342 e. The summed E-state index contributed by atoms with van der Waals surface area (Å²) >= 11 is 0. The average Bonchev–Trinajstić information content (AvgIpc) is 3.47. The molecule has 0 N–H and O–H groups in total. The molecule has 2 aromatic rings. The molecule has 3 aliphatic rings. The molecule has 0 amide bonds. The molecule has 2 aromatic carbocycles. The van der Waals surface area contributed by atoms with Crippen LogP contribution in [0.3, 0.4) is 0 Å². The lowest BCUT2D eigenvalue weighted by Crippen LogP contribution is -2.30. The molecular weight excluding hydrogens is 1050 g/mol. The van der Waals surface area contributed by atoms with E-state index in [0.717, 1.165) is 12.2 Å². The summed E-state index contributed by atoms with van der Waals surface area (Å²) < 4.78 is 64.1. The number of rotatable bonds is 30. The van der Waals surface area contributed by atoms with E-state index in [-0.39, 0.29) is 125 Å². The summed E-state index contributed by atoms with van der Waals surface area (Å²) in [7, 11) is 2.86. The van der Waals surface area contributed by atoms with Crippen LogP contribution in [0, 0.1) is 35.5 Å². The molecule has 0 radical (unpaired) electrons. The van der Waals surface area contributed by atoms with Crippen molar-refractivity contribution < 1.29 is 105 Å². The molecule has 22 heteroatoms. The maximum Gasteiger partial charge on any atom is 0.342 e. The van der Waals surface area contributed by atoms with Gasteiger partial charge in [-0.15, -0.1) is 0 Å². The second-order valence-electron chi connectivity index (χ2n) is 19.4. The van der Waals surface area contributed by atoms with Gasteiger partial charge in [0.05, 0.1) is 75.1 Å². The second kappa shape index (κ2) is 33.9. The molecule has 0 aliphatic heterocycles. The number of hydrogen-bond donors (Lipinski definition) is 0. The van der Waals surface area contributed by atoms with Crippen LogP contribution in [0.2, 0.25) is 0 Å². The predicted octanol–water partition coefficient (Wildman–Crippen LogP) is 7.14. The van der Waals surface area contributed by atoms with Crippen molar-refractivity contribution in [3.8, 4) is 23.0 Å². The van der Waals surface area contributed by atoms with E-state index < -0.39 is 83.3 Å². The quantitative estimate of drug-likeness (QED) is 0.0247. The number of ether oxygens (including phenoxy) is 12. The monoisotopic (exact) mass is 1120 g/mol. The van der Waals surface area contributed by atoms with Crippen molar-refractivity contribution in [2.75, 3.05) is 67.1 Å². The maximum absolute atomic E-state index is 13.5. The average molecular weight is 1120 g/mol. The Labute approximate surface area is 464 Å². The van der Waals surface area contributed by atoms with Crippen LogP contribution in [0.15, 0.2) is 61.7 Å². The van der Waals surface area contributed by atoms with Crippen molar-refractivity contribution in [1.29, 1.82) is 0 Å². The van der Waals surface area contributed by atoms with Crippen molar-refractivity contribution in [2.45, 2.75) is 103 Å². The highest BCUT2D eigenvalue weighted by Crippen LogP contribution is 2.36. The van der Waals surface area contributed by atoms with Crippen LogP contribution in [0.1, 0.15) is 123 Å². The molecule has 0 spiro atoms. The number of benzene rings is 2. The van der Waals surface area contributed by atoms with Gasteiger partial charge in [-0.2, -0.15) is 0 Å². The van der Waals surface area contributed by atoms with Gasteiger partial charge in [0.2, 0.25) is 0 Å². The molecule has 3 saturated carbocycles. The Bertz CT molecular complexity index is 2300. The summed E-state index contributed by atoms with van der Waals surface area (Å²) in [6.07, 6.45) is 8.12. The van der Waals surface area contributed by atoms with E-state index in [9.17, 15) is 47.9 Å². The number of esters is 10. The van der Waals surface area contributed by atoms with Crippen LogP contribution in [-0.4, -0.2) is 127 Å². The highest BCUT2D eigenvalue weighted by Gasteiger charge is 2.36. The van der Waals surface area contributed by atoms with E-state index in [1.807, 2.05) is 0 Å². The Balaban J connectivity index is 1.11. The van der Waals surface area contributed by atoms with Gasteiger partial charge < -0.3 is 56.8 Å². The van der Waals surface area contributed by atoms with Gasteiger partial charge in [-0.25, -0.2) is 19.2 Å². The van der Waals surface area contributed by atoms with Crippen LogP contribution < -0.4 is 18.9 Å². The first-order valence-electron chi connectivity index (χ1n) is 27.0. The van der Waals surface area contributed by atoms with Gasteiger partial charge in [0.25, 0.3) is 0 Å². The van der Waals surface area contributed by atoms with Crippen LogP contribution in [0.25, 0.3) is 0 Å². The van der Waals surface area contributed by atoms with Gasteiger partial charge in [0.15, 0.2) is 0 Å². The number of carbonyl (C=O) groups is 10. The van der Waals surface area contributed by atoms with Crippen LogP contribution in [0.5, 0.6) is 23.0 Å². The minimum absolute atomic E-state index is 0.0157. The highest BCUT2D eigenvalue weighted by molar-refractivity contribution is 5.95. The van der Waals surface area contributed by atoms with Crippen molar-refractivity contribution in [2.24, 2.45) is 35.5 Å². The molecule has 3 fully saturated rings. The summed E-state index contributed by atoms with van der Waals surface area (Å²) in [6, 6.07) is 7.91. The van der Waals surface area contributed by atoms with Crippen LogP contribution in [0.4, 0.5) is 0 Å². The van der Waals surface area contributed by atoms with Gasteiger partial charge in [0.1, 0.15) is 47.3 Å². The summed E-state index contributed by atoms with van der Waals surface area (Å²) in [4.78, 5) is 128. The zero-order valence-corrected chi connectivity index (χ0v) is 45.4. The normalized spacial score (nSPS) is 19.6. The summed E-state index contributed by atoms with van der Waals surface area (Å²) in [5.41, 5.74) is -0.341. The molecule has 0 aromatic heterocycles. The third kappa shape index (κ3) is 20.6. The van der Waals surface area contributed by atoms with E-state index in [1.165, 1.54) is 50.6 Å². The Morgan fingerprint density at radius 2 is 0.662 bits per heavy atom. The van der Waals surface area contributed by atoms with E-state index >= 15 is 0 Å². The van der Waals surface area contributed by atoms with Gasteiger partial charge in [-0.05, 0) is 139 Å². The van der Waals surface area contributed by atoms with Gasteiger partial charge >= 0.3 is 59.7 Å². The molecule has 0 bridgehead atoms. The molecule has 0 atom stereocenters. The summed E-state index contributed by atoms with van der Waals surface area (Å²) in [5, 5.41) is 0. The molecule has 0 heterocycles. The fourth-order valence-corrected chi connectivity index (χ4v) is 9.16. The number of methoxy groups -OCH3 is 2. The van der Waals surface area contributed by atoms with Crippen LogP contribution in [-0.2, 0) is 76.3 Å². The standard InChI is InChI=1S/C58H72O22/c1-5-49(59)71-27-7-9-29-73-51(61)37-11-15-41(16-12-37)55(65)79-47-25-23-43(35-45(47)57(67)75-33-31-69-3)77-53(63)39-19-21-40(22-20-39)54(64)78-44-24-26-48(46(36-44)58(68)76-34-32-70-4)80-56(66)42-17-13-38(14-18-42)52(62)74-30-10-8-28-72-50(60)6-2/h5-6,23-26,35-42H,1-2,7-22,27-34H2,3-4H3. The molecule has 3 aliphatic carbocycles. The third-order valence-electron chi connectivity index (χ3n) is 13.8. The molecule has 0 unspecified atom stereocenters. The SMILES string of the molecule is C=CC(=O)OCCCCOC(=O)C1CCC(C(=O)Oc2ccc(OC(=O)C3CCC(C(=O)Oc4ccc(OC(=O)C5CCC(C(=O)OCCCCOC(=O)C=C)CC5)c(C(=O)OCCOC)c4)CC3)cc2C(=O)OCCOC)CC1. The number of carbonyl (C=O) groups excluding carboxylic acids is 10. The fraction of sp³-hybridized carbons (Fsp3) is 0.552. The summed E-state index contributed by atoms with van der Waals surface area (Å²) in [5.74, 6) is -9.39. The molecule has 5 rings (SSSR count). The fourth-order valence-electron chi connectivity index (χ4n) is 9.16. The second-order valence-corrected chi connectivity index (χ2v) is 19.4. The van der Waals surface area contributed by atoms with Crippen molar-refractivity contribution >= 4 is 59.7 Å². The molecular formula is C58H72O22. The maximum atomic E-state index is 13.5. The lowest BCUT2D eigenvalue weighted by Gasteiger charge is -2.26. The zero-order valence-electron chi connectivity index (χ0n) is 45.4. The van der Waals surface area contributed by atoms with Gasteiger partial charge in [-0.3, -0.25) is 28.8 Å². The van der Waals surface area contributed by atoms with Crippen molar-refractivity contribution in [3.63, 3.8) is 0 Å². The Morgan fingerprint density at radius 3 is 0.963 bits per heavy atom. The lowest BCUT2D eigenvalue weighted by atomic mass is 9.82. The highest BCUT2D eigenvalue weighted by atomic mass is 16.6. The number of hydrogen-bond acceptors (Lipinski definition) is 22. The molecule has 436 valence electrons. The molecule has 22 nitrogen and oxygen atoms in total. The topological polar surface area (TPSA) is 281 Å². The van der Waals surface area contributed by atoms with Gasteiger partial charge in [0, 0.05) is 26.4 Å². The van der Waals surface area contributed by atoms with Crippen molar-refractivity contribution in [3.05, 3.63) is 72.8 Å². The minimum atomic E-state index is -0.856. The first kappa shape index (κ1) is 63.4. The largest absolute Gasteiger partial charge is 0.465 e. The molecule has 0 saturated heterocycles. The van der Waals surface area contributed by atoms with Gasteiger partial charge in [-0.1, -0.05) is 13.2 Å². The first-order valence-corrected chi connectivity index (χ1v) is 27.0. The Morgan fingerprint density at radius 1 is 0.375 bits per heavy atom. The zero-order chi connectivity index (χ0) is 57.8. The third-order valence-corrected chi connectivity index (χ3v) is 13.8. The van der Waals surface area contributed by atoms with Crippen molar-refractivity contribution in [1.82, 2.24) is 0 Å². The van der Waals surface area contributed by atoms with E-state index in [4.69, 9.17) is 56.8 Å². The predicted molar refractivity (Wildman–Crippen MR) is 279 cm³/mol. The van der Waals surface area contributed by atoms with E-state index in [1.54, 1.807) is 0 Å². The lowest BCUT2D eigenvalue weighted by molar-refractivity contribution is -0.152.